The molecule has 20 heavy (non-hydrogen) atoms. The van der Waals surface area contributed by atoms with E-state index >= 15 is 0 Å². The summed E-state index contributed by atoms with van der Waals surface area (Å²) in [6.45, 7) is 0. The van der Waals surface area contributed by atoms with Crippen LogP contribution in [0.25, 0.3) is 5.69 Å². The molecule has 2 aromatic rings. The quantitative estimate of drug-likeness (QED) is 0.861. The van der Waals surface area contributed by atoms with Gasteiger partial charge in [0.25, 0.3) is 0 Å². The Morgan fingerprint density at radius 2 is 1.90 bits per heavy atom. The number of halogens is 4. The lowest BCUT2D eigenvalue weighted by atomic mass is 10.3. The predicted molar refractivity (Wildman–Crippen MR) is 62.2 cm³/mol. The summed E-state index contributed by atoms with van der Waals surface area (Å²) < 4.78 is 43.6. The van der Waals surface area contributed by atoms with Gasteiger partial charge in [-0.05, 0) is 24.3 Å². The molecular formula is C11H6ClF3N2O3. The topological polar surface area (TPSA) is 64.3 Å². The van der Waals surface area contributed by atoms with Crippen LogP contribution in [0.4, 0.5) is 18.0 Å². The van der Waals surface area contributed by atoms with Crippen molar-refractivity contribution in [2.45, 2.75) is 6.18 Å². The van der Waals surface area contributed by atoms with Crippen molar-refractivity contribution in [1.82, 2.24) is 9.78 Å². The summed E-state index contributed by atoms with van der Waals surface area (Å²) in [5.41, 5.74) is -1.25. The Bertz CT molecular complexity index is 637. The van der Waals surface area contributed by atoms with E-state index in [-0.39, 0.29) is 5.69 Å². The lowest BCUT2D eigenvalue weighted by molar-refractivity contribution is -0.143. The number of carboxylic acid groups (broad SMARTS) is 1. The fraction of sp³-hybridized carbons (Fsp3) is 0.0909. The number of hydrogen-bond acceptors (Lipinski definition) is 3. The third-order valence-electron chi connectivity index (χ3n) is 2.27. The fourth-order valence-corrected chi connectivity index (χ4v) is 1.67. The van der Waals surface area contributed by atoms with Crippen LogP contribution in [-0.2, 0) is 6.18 Å². The van der Waals surface area contributed by atoms with Gasteiger partial charge in [-0.1, -0.05) is 11.6 Å². The van der Waals surface area contributed by atoms with E-state index in [1.807, 2.05) is 0 Å². The molecule has 2 rings (SSSR count). The fourth-order valence-electron chi connectivity index (χ4n) is 1.54. The predicted octanol–water partition coefficient (Wildman–Crippen LogP) is 3.60. The van der Waals surface area contributed by atoms with Gasteiger partial charge in [0.1, 0.15) is 0 Å². The van der Waals surface area contributed by atoms with Crippen molar-refractivity contribution in [3.63, 3.8) is 0 Å². The molecule has 1 heterocycles. The SMILES string of the molecule is O=C(O)Oc1cnn(-c2ccc(Cl)cc2)c1C(F)(F)F. The second-order valence-electron chi connectivity index (χ2n) is 3.61. The van der Waals surface area contributed by atoms with Crippen molar-refractivity contribution >= 4 is 17.8 Å². The summed E-state index contributed by atoms with van der Waals surface area (Å²) in [7, 11) is 0. The van der Waals surface area contributed by atoms with Crippen molar-refractivity contribution in [3.8, 4) is 11.4 Å². The monoisotopic (exact) mass is 306 g/mol. The summed E-state index contributed by atoms with van der Waals surface area (Å²) in [4.78, 5) is 10.4. The number of alkyl halides is 3. The zero-order valence-electron chi connectivity index (χ0n) is 9.56. The first kappa shape index (κ1) is 14.2. The first-order valence-electron chi connectivity index (χ1n) is 5.11. The molecule has 0 bridgehead atoms. The Kier molecular flexibility index (Phi) is 3.58. The second kappa shape index (κ2) is 5.04. The molecule has 0 aliphatic heterocycles. The molecule has 0 spiro atoms. The first-order chi connectivity index (χ1) is 9.29. The van der Waals surface area contributed by atoms with Crippen LogP contribution < -0.4 is 4.74 Å². The van der Waals surface area contributed by atoms with Crippen LogP contribution in [0.1, 0.15) is 5.69 Å². The van der Waals surface area contributed by atoms with Crippen LogP contribution in [-0.4, -0.2) is 21.0 Å². The zero-order chi connectivity index (χ0) is 14.9. The Balaban J connectivity index is 2.56. The third kappa shape index (κ3) is 2.85. The standard InChI is InChI=1S/C11H6ClF3N2O3/c12-6-1-3-7(4-2-6)17-9(11(13,14)15)8(5-16-17)20-10(18)19/h1-5H,(H,18,19). The Labute approximate surface area is 115 Å². The van der Waals surface area contributed by atoms with Gasteiger partial charge in [0, 0.05) is 5.02 Å². The van der Waals surface area contributed by atoms with E-state index in [9.17, 15) is 18.0 Å². The minimum absolute atomic E-state index is 0.0713. The highest BCUT2D eigenvalue weighted by Crippen LogP contribution is 2.37. The van der Waals surface area contributed by atoms with E-state index in [0.717, 1.165) is 0 Å². The maximum atomic E-state index is 13.0. The summed E-state index contributed by atoms with van der Waals surface area (Å²) in [6.07, 6.45) is -6.00. The number of ether oxygens (including phenoxy) is 1. The van der Waals surface area contributed by atoms with E-state index < -0.39 is 23.8 Å². The van der Waals surface area contributed by atoms with E-state index in [0.29, 0.717) is 15.9 Å². The Morgan fingerprint density at radius 3 is 2.40 bits per heavy atom. The van der Waals surface area contributed by atoms with Gasteiger partial charge in [0.15, 0.2) is 11.4 Å². The van der Waals surface area contributed by atoms with Crippen LogP contribution in [0.3, 0.4) is 0 Å². The van der Waals surface area contributed by atoms with Crippen LogP contribution in [0.15, 0.2) is 30.5 Å². The molecule has 0 aliphatic rings. The van der Waals surface area contributed by atoms with E-state index in [1.54, 1.807) is 0 Å². The van der Waals surface area contributed by atoms with Gasteiger partial charge in [-0.25, -0.2) is 9.48 Å². The third-order valence-corrected chi connectivity index (χ3v) is 2.52. The number of rotatable bonds is 2. The van der Waals surface area contributed by atoms with Crippen molar-refractivity contribution in [2.75, 3.05) is 0 Å². The summed E-state index contributed by atoms with van der Waals surface area (Å²) >= 11 is 5.65. The number of nitrogens with zero attached hydrogens (tertiary/aromatic N) is 2. The van der Waals surface area contributed by atoms with Crippen LogP contribution in [0, 0.1) is 0 Å². The zero-order valence-corrected chi connectivity index (χ0v) is 10.3. The lowest BCUT2D eigenvalue weighted by Crippen LogP contribution is -2.16. The van der Waals surface area contributed by atoms with Crippen molar-refractivity contribution in [3.05, 3.63) is 41.2 Å². The van der Waals surface area contributed by atoms with Gasteiger partial charge < -0.3 is 9.84 Å². The molecule has 5 nitrogen and oxygen atoms in total. The van der Waals surface area contributed by atoms with Crippen LogP contribution in [0.2, 0.25) is 5.02 Å². The Morgan fingerprint density at radius 1 is 1.30 bits per heavy atom. The summed E-state index contributed by atoms with van der Waals surface area (Å²) in [5.74, 6) is -0.889. The maximum absolute atomic E-state index is 13.0. The van der Waals surface area contributed by atoms with Gasteiger partial charge in [0.2, 0.25) is 0 Å². The average Bonchev–Trinajstić information content (AvgIpc) is 2.72. The molecule has 0 fully saturated rings. The molecule has 1 aromatic heterocycles. The van der Waals surface area contributed by atoms with Gasteiger partial charge in [0.05, 0.1) is 11.9 Å². The summed E-state index contributed by atoms with van der Waals surface area (Å²) in [5, 5.41) is 12.3. The van der Waals surface area contributed by atoms with Crippen molar-refractivity contribution in [2.24, 2.45) is 0 Å². The minimum Gasteiger partial charge on any atom is -0.449 e. The molecule has 0 amide bonds. The molecule has 106 valence electrons. The Hall–Kier alpha value is -2.22. The highest BCUT2D eigenvalue weighted by atomic mass is 35.5. The van der Waals surface area contributed by atoms with E-state index in [4.69, 9.17) is 16.7 Å². The normalized spacial score (nSPS) is 11.4. The van der Waals surface area contributed by atoms with E-state index in [2.05, 4.69) is 9.84 Å². The molecule has 9 heteroatoms. The number of benzene rings is 1. The molecule has 0 unspecified atom stereocenters. The number of hydrogen-bond donors (Lipinski definition) is 1. The number of aromatic nitrogens is 2. The van der Waals surface area contributed by atoms with Gasteiger partial charge in [-0.3, -0.25) is 0 Å². The maximum Gasteiger partial charge on any atom is 0.511 e. The van der Waals surface area contributed by atoms with Crippen molar-refractivity contribution < 1.29 is 27.8 Å². The average molecular weight is 307 g/mol. The highest BCUT2D eigenvalue weighted by molar-refractivity contribution is 6.30. The van der Waals surface area contributed by atoms with Gasteiger partial charge in [-0.2, -0.15) is 18.3 Å². The molecule has 1 aromatic carbocycles. The molecule has 0 atom stereocenters. The molecule has 0 saturated carbocycles. The van der Waals surface area contributed by atoms with Gasteiger partial charge in [-0.15, -0.1) is 0 Å². The molecule has 0 aliphatic carbocycles. The summed E-state index contributed by atoms with van der Waals surface area (Å²) in [6, 6.07) is 5.40. The number of carbonyl (C=O) groups is 1. The van der Waals surface area contributed by atoms with Crippen LogP contribution >= 0.6 is 11.6 Å². The van der Waals surface area contributed by atoms with E-state index in [1.165, 1.54) is 24.3 Å². The molecule has 0 radical (unpaired) electrons. The lowest BCUT2D eigenvalue weighted by Gasteiger charge is -2.11. The second-order valence-corrected chi connectivity index (χ2v) is 4.05. The van der Waals surface area contributed by atoms with Gasteiger partial charge >= 0.3 is 12.3 Å². The first-order valence-corrected chi connectivity index (χ1v) is 5.49. The smallest absolute Gasteiger partial charge is 0.449 e. The molecule has 1 N–H and O–H groups in total. The molecular weight excluding hydrogens is 301 g/mol. The van der Waals surface area contributed by atoms with Crippen LogP contribution in [0.5, 0.6) is 5.75 Å². The minimum atomic E-state index is -4.83. The molecule has 0 saturated heterocycles. The largest absolute Gasteiger partial charge is 0.511 e. The van der Waals surface area contributed by atoms with Crippen molar-refractivity contribution in [1.29, 1.82) is 0 Å². The highest BCUT2D eigenvalue weighted by Gasteiger charge is 2.40.